The van der Waals surface area contributed by atoms with Crippen LogP contribution >= 0.6 is 0 Å². The largest absolute Gasteiger partial charge is 0.392 e. The summed E-state index contributed by atoms with van der Waals surface area (Å²) in [5, 5.41) is 8.91. The molecule has 0 heterocycles. The van der Waals surface area contributed by atoms with Crippen LogP contribution in [0.5, 0.6) is 0 Å². The maximum Gasteiger partial charge on any atom is 0.0644 e. The Bertz CT molecular complexity index is 130. The first kappa shape index (κ1) is 7.80. The van der Waals surface area contributed by atoms with Crippen LogP contribution in [-0.2, 0) is 0 Å². The van der Waals surface area contributed by atoms with Crippen LogP contribution in [0, 0.1) is 0 Å². The fraction of sp³-hybridized carbons (Fsp3) is 0.778. The standard InChI is InChI=1S/C9H16O/c1-2-3-4-9(7-10)8-5-6-8/h10H,2-7H2,1H3. The van der Waals surface area contributed by atoms with Gasteiger partial charge in [0.25, 0.3) is 0 Å². The van der Waals surface area contributed by atoms with E-state index in [0.717, 1.165) is 6.42 Å². The minimum Gasteiger partial charge on any atom is -0.392 e. The molecule has 0 amide bonds. The van der Waals surface area contributed by atoms with Crippen LogP contribution in [0.25, 0.3) is 0 Å². The average molecular weight is 140 g/mol. The van der Waals surface area contributed by atoms with Crippen molar-refractivity contribution in [2.45, 2.75) is 39.0 Å². The van der Waals surface area contributed by atoms with Gasteiger partial charge in [0.05, 0.1) is 6.61 Å². The van der Waals surface area contributed by atoms with Gasteiger partial charge in [-0.1, -0.05) is 18.9 Å². The van der Waals surface area contributed by atoms with Crippen LogP contribution in [0.15, 0.2) is 11.1 Å². The lowest BCUT2D eigenvalue weighted by atomic mass is 10.1. The molecule has 1 rings (SSSR count). The van der Waals surface area contributed by atoms with Gasteiger partial charge < -0.3 is 5.11 Å². The molecule has 0 atom stereocenters. The molecule has 58 valence electrons. The molecule has 1 nitrogen and oxygen atoms in total. The number of rotatable bonds is 4. The SMILES string of the molecule is CCCCC(CO)=C1CC1. The summed E-state index contributed by atoms with van der Waals surface area (Å²) in [6.45, 7) is 2.49. The summed E-state index contributed by atoms with van der Waals surface area (Å²) in [6, 6.07) is 0. The highest BCUT2D eigenvalue weighted by molar-refractivity contribution is 5.25. The Balaban J connectivity index is 2.28. The van der Waals surface area contributed by atoms with Gasteiger partial charge in [-0.2, -0.15) is 0 Å². The van der Waals surface area contributed by atoms with E-state index in [1.807, 2.05) is 0 Å². The van der Waals surface area contributed by atoms with E-state index in [-0.39, 0.29) is 0 Å². The van der Waals surface area contributed by atoms with Crippen molar-refractivity contribution in [3.05, 3.63) is 11.1 Å². The topological polar surface area (TPSA) is 20.2 Å². The number of aliphatic hydroxyl groups excluding tert-OH is 1. The van der Waals surface area contributed by atoms with Gasteiger partial charge in [0.15, 0.2) is 0 Å². The minimum absolute atomic E-state index is 0.301. The van der Waals surface area contributed by atoms with Crippen LogP contribution < -0.4 is 0 Å². The summed E-state index contributed by atoms with van der Waals surface area (Å²) in [7, 11) is 0. The van der Waals surface area contributed by atoms with Gasteiger partial charge in [-0.05, 0) is 31.3 Å². The van der Waals surface area contributed by atoms with E-state index < -0.39 is 0 Å². The zero-order chi connectivity index (χ0) is 7.40. The van der Waals surface area contributed by atoms with E-state index in [1.165, 1.54) is 36.8 Å². The molecule has 0 aromatic carbocycles. The summed E-state index contributed by atoms with van der Waals surface area (Å²) in [5.41, 5.74) is 2.85. The van der Waals surface area contributed by atoms with Gasteiger partial charge >= 0.3 is 0 Å². The molecule has 0 radical (unpaired) electrons. The van der Waals surface area contributed by atoms with E-state index in [1.54, 1.807) is 0 Å². The summed E-state index contributed by atoms with van der Waals surface area (Å²) < 4.78 is 0. The van der Waals surface area contributed by atoms with E-state index in [2.05, 4.69) is 6.92 Å². The summed E-state index contributed by atoms with van der Waals surface area (Å²) in [4.78, 5) is 0. The third-order valence-electron chi connectivity index (χ3n) is 2.02. The highest BCUT2D eigenvalue weighted by atomic mass is 16.3. The predicted octanol–water partition coefficient (Wildman–Crippen LogP) is 2.26. The van der Waals surface area contributed by atoms with Gasteiger partial charge in [-0.3, -0.25) is 0 Å². The monoisotopic (exact) mass is 140 g/mol. The molecular formula is C9H16O. The molecule has 10 heavy (non-hydrogen) atoms. The van der Waals surface area contributed by atoms with Crippen LogP contribution in [0.1, 0.15) is 39.0 Å². The Labute approximate surface area is 62.8 Å². The van der Waals surface area contributed by atoms with Crippen molar-refractivity contribution >= 4 is 0 Å². The van der Waals surface area contributed by atoms with E-state index in [0.29, 0.717) is 6.61 Å². The van der Waals surface area contributed by atoms with E-state index in [4.69, 9.17) is 5.11 Å². The van der Waals surface area contributed by atoms with Gasteiger partial charge in [0.1, 0.15) is 0 Å². The maximum atomic E-state index is 8.91. The van der Waals surface area contributed by atoms with Gasteiger partial charge in [0, 0.05) is 0 Å². The molecule has 0 aliphatic heterocycles. The molecule has 1 aliphatic rings. The van der Waals surface area contributed by atoms with Crippen molar-refractivity contribution in [2.24, 2.45) is 0 Å². The molecular weight excluding hydrogens is 124 g/mol. The van der Waals surface area contributed by atoms with Crippen LogP contribution in [0.2, 0.25) is 0 Å². The first-order chi connectivity index (χ1) is 4.88. The minimum atomic E-state index is 0.301. The van der Waals surface area contributed by atoms with Gasteiger partial charge in [-0.25, -0.2) is 0 Å². The summed E-state index contributed by atoms with van der Waals surface area (Å²) in [6.07, 6.45) is 6.09. The Morgan fingerprint density at radius 3 is 2.60 bits per heavy atom. The van der Waals surface area contributed by atoms with E-state index >= 15 is 0 Å². The van der Waals surface area contributed by atoms with Gasteiger partial charge in [-0.15, -0.1) is 0 Å². The van der Waals surface area contributed by atoms with Crippen molar-refractivity contribution in [1.29, 1.82) is 0 Å². The fourth-order valence-electron chi connectivity index (χ4n) is 1.17. The molecule has 0 aromatic heterocycles. The lowest BCUT2D eigenvalue weighted by Crippen LogP contribution is -1.89. The first-order valence-electron chi connectivity index (χ1n) is 4.19. The van der Waals surface area contributed by atoms with E-state index in [9.17, 15) is 0 Å². The highest BCUT2D eigenvalue weighted by Gasteiger charge is 2.15. The zero-order valence-electron chi connectivity index (χ0n) is 6.69. The average Bonchev–Trinajstić information content (AvgIpc) is 2.73. The summed E-state index contributed by atoms with van der Waals surface area (Å²) in [5.74, 6) is 0. The smallest absolute Gasteiger partial charge is 0.0644 e. The zero-order valence-corrected chi connectivity index (χ0v) is 6.69. The Kier molecular flexibility index (Phi) is 2.94. The number of unbranched alkanes of at least 4 members (excludes halogenated alkanes) is 1. The Morgan fingerprint density at radius 1 is 1.50 bits per heavy atom. The van der Waals surface area contributed by atoms with Crippen molar-refractivity contribution in [3.63, 3.8) is 0 Å². The molecule has 1 heteroatoms. The van der Waals surface area contributed by atoms with Gasteiger partial charge in [0.2, 0.25) is 0 Å². The Morgan fingerprint density at radius 2 is 2.20 bits per heavy atom. The maximum absolute atomic E-state index is 8.91. The third-order valence-corrected chi connectivity index (χ3v) is 2.02. The fourth-order valence-corrected chi connectivity index (χ4v) is 1.17. The molecule has 1 saturated carbocycles. The second kappa shape index (κ2) is 3.77. The number of hydrogen-bond acceptors (Lipinski definition) is 1. The first-order valence-corrected chi connectivity index (χ1v) is 4.19. The summed E-state index contributed by atoms with van der Waals surface area (Å²) >= 11 is 0. The molecule has 0 bridgehead atoms. The number of hydrogen-bond donors (Lipinski definition) is 1. The molecule has 0 aromatic rings. The third kappa shape index (κ3) is 2.14. The highest BCUT2D eigenvalue weighted by Crippen LogP contribution is 2.33. The Hall–Kier alpha value is -0.300. The van der Waals surface area contributed by atoms with Crippen molar-refractivity contribution in [1.82, 2.24) is 0 Å². The molecule has 0 saturated heterocycles. The lowest BCUT2D eigenvalue weighted by Gasteiger charge is -2.00. The van der Waals surface area contributed by atoms with Crippen LogP contribution in [0.4, 0.5) is 0 Å². The van der Waals surface area contributed by atoms with Crippen molar-refractivity contribution in [3.8, 4) is 0 Å². The number of aliphatic hydroxyl groups is 1. The van der Waals surface area contributed by atoms with Crippen molar-refractivity contribution in [2.75, 3.05) is 6.61 Å². The quantitative estimate of drug-likeness (QED) is 0.594. The molecule has 1 N–H and O–H groups in total. The lowest BCUT2D eigenvalue weighted by molar-refractivity contribution is 0.325. The molecule has 1 aliphatic carbocycles. The van der Waals surface area contributed by atoms with Crippen LogP contribution in [0.3, 0.4) is 0 Å². The number of allylic oxidation sites excluding steroid dienone is 1. The predicted molar refractivity (Wildman–Crippen MR) is 42.9 cm³/mol. The van der Waals surface area contributed by atoms with Crippen molar-refractivity contribution < 1.29 is 5.11 Å². The molecule has 1 fully saturated rings. The molecule has 0 spiro atoms. The molecule has 0 unspecified atom stereocenters. The van der Waals surface area contributed by atoms with Crippen LogP contribution in [-0.4, -0.2) is 11.7 Å². The second-order valence-electron chi connectivity index (χ2n) is 2.97. The second-order valence-corrected chi connectivity index (χ2v) is 2.97. The normalized spacial score (nSPS) is 15.6.